The fourth-order valence-electron chi connectivity index (χ4n) is 3.39. The highest BCUT2D eigenvalue weighted by Crippen LogP contribution is 2.26. The fraction of sp³-hybridized carbons (Fsp3) is 0.154. The van der Waals surface area contributed by atoms with E-state index in [-0.39, 0.29) is 5.91 Å². The first-order valence-corrected chi connectivity index (χ1v) is 11.1. The second-order valence-electron chi connectivity index (χ2n) is 7.27. The average molecular weight is 413 g/mol. The summed E-state index contributed by atoms with van der Waals surface area (Å²) in [6, 6.07) is 26.8. The number of benzene rings is 3. The maximum absolute atomic E-state index is 12.5. The largest absolute Gasteiger partial charge is 0.302 e. The van der Waals surface area contributed by atoms with Gasteiger partial charge < -0.3 is 5.32 Å². The Hall–Kier alpha value is -3.24. The highest BCUT2D eigenvalue weighted by atomic mass is 32.1. The van der Waals surface area contributed by atoms with Crippen LogP contribution in [0.4, 0.5) is 5.13 Å². The minimum absolute atomic E-state index is 0.0540. The predicted molar refractivity (Wildman–Crippen MR) is 126 cm³/mol. The molecule has 30 heavy (non-hydrogen) atoms. The molecule has 4 rings (SSSR count). The van der Waals surface area contributed by atoms with Gasteiger partial charge in [-0.1, -0.05) is 92.2 Å². The molecule has 0 aliphatic rings. The van der Waals surface area contributed by atoms with Gasteiger partial charge in [-0.05, 0) is 28.7 Å². The van der Waals surface area contributed by atoms with E-state index in [0.29, 0.717) is 11.6 Å². The summed E-state index contributed by atoms with van der Waals surface area (Å²) in [4.78, 5) is 17.0. The molecule has 1 amide bonds. The molecule has 1 heterocycles. The van der Waals surface area contributed by atoms with E-state index >= 15 is 0 Å². The van der Waals surface area contributed by atoms with Gasteiger partial charge in [0.25, 0.3) is 0 Å². The monoisotopic (exact) mass is 412 g/mol. The van der Waals surface area contributed by atoms with Crippen LogP contribution in [0.2, 0.25) is 0 Å². The molecule has 0 saturated carbocycles. The number of aryl methyl sites for hydroxylation is 1. The minimum Gasteiger partial charge on any atom is -0.302 e. The molecule has 0 aliphatic heterocycles. The lowest BCUT2D eigenvalue weighted by atomic mass is 10.0. The van der Waals surface area contributed by atoms with Crippen LogP contribution in [0, 0.1) is 0 Å². The smallest absolute Gasteiger partial charge is 0.230 e. The topological polar surface area (TPSA) is 42.0 Å². The third-order valence-corrected chi connectivity index (χ3v) is 5.72. The first-order chi connectivity index (χ1) is 14.7. The van der Waals surface area contributed by atoms with E-state index in [2.05, 4.69) is 65.8 Å². The van der Waals surface area contributed by atoms with Crippen LogP contribution in [0.15, 0.2) is 84.2 Å². The van der Waals surface area contributed by atoms with Crippen LogP contribution in [-0.4, -0.2) is 10.9 Å². The number of rotatable bonds is 7. The Balaban J connectivity index is 1.36. The van der Waals surface area contributed by atoms with Crippen molar-refractivity contribution in [2.45, 2.75) is 26.2 Å². The van der Waals surface area contributed by atoms with E-state index in [0.717, 1.165) is 35.2 Å². The summed E-state index contributed by atoms with van der Waals surface area (Å²) >= 11 is 1.45. The van der Waals surface area contributed by atoms with E-state index in [9.17, 15) is 4.79 Å². The number of carbonyl (C=O) groups excluding carboxylic acids is 1. The number of hydrogen-bond acceptors (Lipinski definition) is 3. The predicted octanol–water partition coefficient (Wildman–Crippen LogP) is 6.61. The molecular formula is C26H24N2OS. The Morgan fingerprint density at radius 1 is 0.833 bits per heavy atom. The van der Waals surface area contributed by atoms with Gasteiger partial charge in [0.05, 0.1) is 12.1 Å². The molecule has 150 valence electrons. The average Bonchev–Trinajstić information content (AvgIpc) is 3.24. The molecule has 0 spiro atoms. The zero-order valence-corrected chi connectivity index (χ0v) is 17.8. The van der Waals surface area contributed by atoms with Gasteiger partial charge >= 0.3 is 0 Å². The lowest BCUT2D eigenvalue weighted by Gasteiger charge is -2.05. The van der Waals surface area contributed by atoms with Gasteiger partial charge in [-0.3, -0.25) is 4.79 Å². The van der Waals surface area contributed by atoms with Gasteiger partial charge in [0.1, 0.15) is 0 Å². The molecule has 1 N–H and O–H groups in total. The summed E-state index contributed by atoms with van der Waals surface area (Å²) in [7, 11) is 0. The SMILES string of the molecule is CCCc1ccc(-c2csc(NC(=O)Cc3ccc(-c4ccccc4)cc3)n2)cc1. The van der Waals surface area contributed by atoms with Gasteiger partial charge in [-0.15, -0.1) is 11.3 Å². The molecule has 3 aromatic carbocycles. The third kappa shape index (κ3) is 5.02. The number of nitrogens with one attached hydrogen (secondary N) is 1. The van der Waals surface area contributed by atoms with E-state index < -0.39 is 0 Å². The van der Waals surface area contributed by atoms with Crippen molar-refractivity contribution in [3.63, 3.8) is 0 Å². The normalized spacial score (nSPS) is 10.7. The van der Waals surface area contributed by atoms with Crippen molar-refractivity contribution < 1.29 is 4.79 Å². The van der Waals surface area contributed by atoms with Crippen molar-refractivity contribution in [2.75, 3.05) is 5.32 Å². The first-order valence-electron chi connectivity index (χ1n) is 10.2. The Morgan fingerprint density at radius 2 is 1.47 bits per heavy atom. The second kappa shape index (κ2) is 9.51. The molecule has 4 aromatic rings. The van der Waals surface area contributed by atoms with Crippen LogP contribution >= 0.6 is 11.3 Å². The zero-order valence-electron chi connectivity index (χ0n) is 17.0. The maximum Gasteiger partial charge on any atom is 0.230 e. The van der Waals surface area contributed by atoms with Crippen molar-refractivity contribution in [2.24, 2.45) is 0 Å². The molecule has 3 nitrogen and oxygen atoms in total. The summed E-state index contributed by atoms with van der Waals surface area (Å²) < 4.78 is 0. The van der Waals surface area contributed by atoms with Crippen molar-refractivity contribution in [1.29, 1.82) is 0 Å². The highest BCUT2D eigenvalue weighted by Gasteiger charge is 2.09. The van der Waals surface area contributed by atoms with E-state index in [1.54, 1.807) is 0 Å². The molecule has 0 atom stereocenters. The first kappa shape index (κ1) is 20.0. The number of nitrogens with zero attached hydrogens (tertiary/aromatic N) is 1. The number of amides is 1. The molecule has 1 aromatic heterocycles. The summed E-state index contributed by atoms with van der Waals surface area (Å²) in [6.07, 6.45) is 2.56. The molecular weight excluding hydrogens is 388 g/mol. The minimum atomic E-state index is -0.0540. The summed E-state index contributed by atoms with van der Waals surface area (Å²) in [6.45, 7) is 2.18. The van der Waals surface area contributed by atoms with Crippen LogP contribution in [-0.2, 0) is 17.6 Å². The standard InChI is InChI=1S/C26H24N2OS/c1-2-6-19-9-15-23(16-10-19)24-18-30-26(27-24)28-25(29)17-20-11-13-22(14-12-20)21-7-4-3-5-8-21/h3-5,7-16,18H,2,6,17H2,1H3,(H,27,28,29). The van der Waals surface area contributed by atoms with E-state index in [1.807, 2.05) is 35.7 Å². The van der Waals surface area contributed by atoms with Crippen LogP contribution in [0.25, 0.3) is 22.4 Å². The van der Waals surface area contributed by atoms with Crippen LogP contribution in [0.5, 0.6) is 0 Å². The molecule has 4 heteroatoms. The van der Waals surface area contributed by atoms with E-state index in [4.69, 9.17) is 0 Å². The van der Waals surface area contributed by atoms with Crippen molar-refractivity contribution >= 4 is 22.4 Å². The maximum atomic E-state index is 12.5. The zero-order chi connectivity index (χ0) is 20.8. The number of hydrogen-bond donors (Lipinski definition) is 1. The van der Waals surface area contributed by atoms with Crippen molar-refractivity contribution in [1.82, 2.24) is 4.98 Å². The van der Waals surface area contributed by atoms with Crippen molar-refractivity contribution in [3.8, 4) is 22.4 Å². The Labute approximate surface area is 181 Å². The number of anilines is 1. The van der Waals surface area contributed by atoms with Crippen molar-refractivity contribution in [3.05, 3.63) is 95.4 Å². The molecule has 0 saturated heterocycles. The Kier molecular flexibility index (Phi) is 6.35. The number of carbonyl (C=O) groups is 1. The molecule has 0 aliphatic carbocycles. The molecule has 0 bridgehead atoms. The molecule has 0 radical (unpaired) electrons. The summed E-state index contributed by atoms with van der Waals surface area (Å²) in [5.41, 5.74) is 6.60. The second-order valence-corrected chi connectivity index (χ2v) is 8.13. The number of aromatic nitrogens is 1. The summed E-state index contributed by atoms with van der Waals surface area (Å²) in [5.74, 6) is -0.0540. The van der Waals surface area contributed by atoms with Crippen LogP contribution in [0.1, 0.15) is 24.5 Å². The molecule has 0 unspecified atom stereocenters. The lowest BCUT2D eigenvalue weighted by molar-refractivity contribution is -0.115. The van der Waals surface area contributed by atoms with Gasteiger partial charge in [0.2, 0.25) is 5.91 Å². The van der Waals surface area contributed by atoms with Crippen LogP contribution in [0.3, 0.4) is 0 Å². The third-order valence-electron chi connectivity index (χ3n) is 4.96. The van der Waals surface area contributed by atoms with Gasteiger partial charge in [0.15, 0.2) is 5.13 Å². The van der Waals surface area contributed by atoms with Crippen LogP contribution < -0.4 is 5.32 Å². The fourth-order valence-corrected chi connectivity index (χ4v) is 4.12. The lowest BCUT2D eigenvalue weighted by Crippen LogP contribution is -2.14. The highest BCUT2D eigenvalue weighted by molar-refractivity contribution is 7.14. The van der Waals surface area contributed by atoms with E-state index in [1.165, 1.54) is 22.5 Å². The van der Waals surface area contributed by atoms with Gasteiger partial charge in [-0.25, -0.2) is 4.98 Å². The Morgan fingerprint density at radius 3 is 2.17 bits per heavy atom. The Bertz CT molecular complexity index is 1100. The number of thiazole rings is 1. The quantitative estimate of drug-likeness (QED) is 0.371. The summed E-state index contributed by atoms with van der Waals surface area (Å²) in [5, 5.41) is 5.55. The molecule has 0 fully saturated rings. The van der Waals surface area contributed by atoms with Gasteiger partial charge in [-0.2, -0.15) is 0 Å². The van der Waals surface area contributed by atoms with Gasteiger partial charge in [0, 0.05) is 10.9 Å².